The van der Waals surface area contributed by atoms with Gasteiger partial charge in [-0.2, -0.15) is 0 Å². The van der Waals surface area contributed by atoms with Crippen LogP contribution in [0.5, 0.6) is 0 Å². The number of ketones is 1. The zero-order valence-corrected chi connectivity index (χ0v) is 13.7. The molecule has 4 heteroatoms. The van der Waals surface area contributed by atoms with Crippen LogP contribution < -0.4 is 5.32 Å². The quantitative estimate of drug-likeness (QED) is 0.546. The lowest BCUT2D eigenvalue weighted by atomic mass is 10.0. The fraction of sp³-hybridized carbons (Fsp3) is 0.0476. The summed E-state index contributed by atoms with van der Waals surface area (Å²) in [4.78, 5) is 24.3. The van der Waals surface area contributed by atoms with Gasteiger partial charge < -0.3 is 9.73 Å². The van der Waals surface area contributed by atoms with Crippen LogP contribution in [0.2, 0.25) is 0 Å². The molecule has 0 unspecified atom stereocenters. The van der Waals surface area contributed by atoms with E-state index < -0.39 is 0 Å². The minimum absolute atomic E-state index is 0.0505. The van der Waals surface area contributed by atoms with Gasteiger partial charge in [-0.1, -0.05) is 42.5 Å². The first-order valence-electron chi connectivity index (χ1n) is 7.86. The molecule has 0 atom stereocenters. The van der Waals surface area contributed by atoms with Crippen LogP contribution in [-0.4, -0.2) is 11.7 Å². The van der Waals surface area contributed by atoms with Gasteiger partial charge in [0.1, 0.15) is 5.76 Å². The van der Waals surface area contributed by atoms with Gasteiger partial charge in [-0.25, -0.2) is 0 Å². The summed E-state index contributed by atoms with van der Waals surface area (Å²) in [5.74, 6) is 0.264. The van der Waals surface area contributed by atoms with Crippen LogP contribution in [0.4, 0.5) is 5.69 Å². The molecule has 0 radical (unpaired) electrons. The van der Waals surface area contributed by atoms with Crippen LogP contribution in [0.25, 0.3) is 11.6 Å². The van der Waals surface area contributed by atoms with Crippen molar-refractivity contribution in [1.29, 1.82) is 0 Å². The Kier molecular flexibility index (Phi) is 4.90. The second-order valence-corrected chi connectivity index (χ2v) is 5.53. The van der Waals surface area contributed by atoms with Crippen LogP contribution in [0.1, 0.15) is 28.6 Å². The number of rotatable bonds is 5. The molecule has 0 aliphatic rings. The zero-order chi connectivity index (χ0) is 17.6. The Morgan fingerprint density at radius 3 is 2.36 bits per heavy atom. The standard InChI is InChI=1S/C21H17NO3/c1-15(23)17-9-5-10-18(13-17)22-21(24)20(14-19-11-6-12-25-19)16-7-3-2-4-8-16/h2-14H,1H3,(H,22,24)/b20-14+. The first kappa shape index (κ1) is 16.5. The second-order valence-electron chi connectivity index (χ2n) is 5.53. The minimum atomic E-state index is -0.275. The summed E-state index contributed by atoms with van der Waals surface area (Å²) in [5, 5.41) is 2.85. The lowest BCUT2D eigenvalue weighted by molar-refractivity contribution is -0.111. The summed E-state index contributed by atoms with van der Waals surface area (Å²) in [6, 6.07) is 19.8. The monoisotopic (exact) mass is 331 g/mol. The Hall–Kier alpha value is -3.40. The summed E-state index contributed by atoms with van der Waals surface area (Å²) in [5.41, 5.74) is 2.37. The van der Waals surface area contributed by atoms with Crippen molar-refractivity contribution in [1.82, 2.24) is 0 Å². The maximum absolute atomic E-state index is 12.8. The molecule has 0 saturated heterocycles. The van der Waals surface area contributed by atoms with Crippen LogP contribution in [0, 0.1) is 0 Å². The molecule has 4 nitrogen and oxygen atoms in total. The first-order chi connectivity index (χ1) is 12.1. The lowest BCUT2D eigenvalue weighted by Crippen LogP contribution is -2.14. The highest BCUT2D eigenvalue weighted by molar-refractivity contribution is 6.29. The molecule has 0 bridgehead atoms. The van der Waals surface area contributed by atoms with Crippen molar-refractivity contribution in [2.24, 2.45) is 0 Å². The molecule has 3 aromatic rings. The van der Waals surface area contributed by atoms with Crippen molar-refractivity contribution in [3.05, 3.63) is 89.9 Å². The fourth-order valence-corrected chi connectivity index (χ4v) is 2.43. The number of hydrogen-bond donors (Lipinski definition) is 1. The molecular weight excluding hydrogens is 314 g/mol. The fourth-order valence-electron chi connectivity index (χ4n) is 2.43. The Balaban J connectivity index is 1.92. The van der Waals surface area contributed by atoms with Crippen molar-refractivity contribution in [3.8, 4) is 0 Å². The predicted octanol–water partition coefficient (Wildman–Crippen LogP) is 4.66. The maximum Gasteiger partial charge on any atom is 0.256 e. The van der Waals surface area contributed by atoms with Crippen molar-refractivity contribution in [2.75, 3.05) is 5.32 Å². The number of Topliss-reactive ketones (excluding diaryl/α,β-unsaturated/α-hetero) is 1. The summed E-state index contributed by atoms with van der Waals surface area (Å²) in [6.45, 7) is 1.49. The van der Waals surface area contributed by atoms with Crippen molar-refractivity contribution < 1.29 is 14.0 Å². The third-order valence-corrected chi connectivity index (χ3v) is 3.69. The number of carbonyl (C=O) groups is 2. The average Bonchev–Trinajstić information content (AvgIpc) is 3.14. The highest BCUT2D eigenvalue weighted by Crippen LogP contribution is 2.21. The maximum atomic E-state index is 12.8. The third kappa shape index (κ3) is 4.12. The molecule has 0 aliphatic carbocycles. The van der Waals surface area contributed by atoms with Gasteiger partial charge in [0.05, 0.1) is 11.8 Å². The van der Waals surface area contributed by atoms with E-state index in [1.54, 1.807) is 48.7 Å². The Bertz CT molecular complexity index is 909. The topological polar surface area (TPSA) is 59.3 Å². The van der Waals surface area contributed by atoms with E-state index in [0.717, 1.165) is 5.56 Å². The molecule has 1 aromatic heterocycles. The van der Waals surface area contributed by atoms with Gasteiger partial charge in [0.2, 0.25) is 0 Å². The van der Waals surface area contributed by atoms with Gasteiger partial charge in [0.25, 0.3) is 5.91 Å². The van der Waals surface area contributed by atoms with Crippen LogP contribution in [-0.2, 0) is 4.79 Å². The van der Waals surface area contributed by atoms with Crippen LogP contribution in [0.15, 0.2) is 77.4 Å². The van der Waals surface area contributed by atoms with E-state index in [2.05, 4.69) is 5.32 Å². The van der Waals surface area contributed by atoms with E-state index >= 15 is 0 Å². The van der Waals surface area contributed by atoms with Crippen molar-refractivity contribution in [3.63, 3.8) is 0 Å². The largest absolute Gasteiger partial charge is 0.465 e. The highest BCUT2D eigenvalue weighted by Gasteiger charge is 2.13. The first-order valence-corrected chi connectivity index (χ1v) is 7.86. The number of furan rings is 1. The number of benzene rings is 2. The van der Waals surface area contributed by atoms with Gasteiger partial charge >= 0.3 is 0 Å². The van der Waals surface area contributed by atoms with Gasteiger partial charge in [-0.05, 0) is 42.8 Å². The Morgan fingerprint density at radius 2 is 1.68 bits per heavy atom. The molecule has 0 fully saturated rings. The third-order valence-electron chi connectivity index (χ3n) is 3.69. The predicted molar refractivity (Wildman–Crippen MR) is 98.1 cm³/mol. The Labute approximate surface area is 145 Å². The lowest BCUT2D eigenvalue weighted by Gasteiger charge is -2.10. The molecule has 3 rings (SSSR count). The number of nitrogens with one attached hydrogen (secondary N) is 1. The molecule has 124 valence electrons. The molecular formula is C21H17NO3. The van der Waals surface area contributed by atoms with E-state index in [9.17, 15) is 9.59 Å². The smallest absolute Gasteiger partial charge is 0.256 e. The van der Waals surface area contributed by atoms with Gasteiger partial charge in [0.15, 0.2) is 5.78 Å². The molecule has 1 heterocycles. The summed E-state index contributed by atoms with van der Waals surface area (Å²) in [7, 11) is 0. The van der Waals surface area contributed by atoms with Gasteiger partial charge in [0, 0.05) is 11.3 Å². The summed E-state index contributed by atoms with van der Waals surface area (Å²) >= 11 is 0. The number of anilines is 1. The SMILES string of the molecule is CC(=O)c1cccc(NC(=O)/C(=C/c2ccco2)c2ccccc2)c1. The second kappa shape index (κ2) is 7.45. The van der Waals surface area contributed by atoms with E-state index in [1.165, 1.54) is 6.92 Å². The average molecular weight is 331 g/mol. The molecule has 25 heavy (non-hydrogen) atoms. The van der Waals surface area contributed by atoms with Crippen molar-refractivity contribution >= 4 is 29.0 Å². The van der Waals surface area contributed by atoms with E-state index in [0.29, 0.717) is 22.6 Å². The highest BCUT2D eigenvalue weighted by atomic mass is 16.3. The summed E-state index contributed by atoms with van der Waals surface area (Å²) in [6.07, 6.45) is 3.25. The summed E-state index contributed by atoms with van der Waals surface area (Å²) < 4.78 is 5.34. The Morgan fingerprint density at radius 1 is 0.920 bits per heavy atom. The molecule has 0 saturated carbocycles. The minimum Gasteiger partial charge on any atom is -0.465 e. The molecule has 0 spiro atoms. The van der Waals surface area contributed by atoms with E-state index in [1.807, 2.05) is 30.3 Å². The normalized spacial score (nSPS) is 11.2. The molecule has 1 amide bonds. The van der Waals surface area contributed by atoms with Crippen LogP contribution >= 0.6 is 0 Å². The number of carbonyl (C=O) groups excluding carboxylic acids is 2. The van der Waals surface area contributed by atoms with Gasteiger partial charge in [-0.15, -0.1) is 0 Å². The number of amides is 1. The van der Waals surface area contributed by atoms with E-state index in [4.69, 9.17) is 4.42 Å². The molecule has 1 N–H and O–H groups in total. The zero-order valence-electron chi connectivity index (χ0n) is 13.7. The van der Waals surface area contributed by atoms with Gasteiger partial charge in [-0.3, -0.25) is 9.59 Å². The number of hydrogen-bond acceptors (Lipinski definition) is 3. The molecule has 2 aromatic carbocycles. The van der Waals surface area contributed by atoms with Crippen LogP contribution in [0.3, 0.4) is 0 Å². The molecule has 0 aliphatic heterocycles. The van der Waals surface area contributed by atoms with E-state index in [-0.39, 0.29) is 11.7 Å². The van der Waals surface area contributed by atoms with Crippen molar-refractivity contribution in [2.45, 2.75) is 6.92 Å².